The fourth-order valence-electron chi connectivity index (χ4n) is 4.16. The van der Waals surface area contributed by atoms with E-state index in [0.29, 0.717) is 32.6 Å². The average Bonchev–Trinajstić information content (AvgIpc) is 3.02. The Morgan fingerprint density at radius 1 is 1.27 bits per heavy atom. The molecule has 2 aromatic rings. The molecule has 2 aromatic carbocycles. The number of nitrogens with zero attached hydrogens (tertiary/aromatic N) is 1. The van der Waals surface area contributed by atoms with Crippen LogP contribution in [0.4, 0.5) is 13.6 Å². The van der Waals surface area contributed by atoms with E-state index in [1.165, 1.54) is 17.0 Å². The molecule has 1 unspecified atom stereocenters. The summed E-state index contributed by atoms with van der Waals surface area (Å²) >= 11 is 12.5. The summed E-state index contributed by atoms with van der Waals surface area (Å²) in [7, 11) is 0. The summed E-state index contributed by atoms with van der Waals surface area (Å²) in [4.78, 5) is 13.3. The van der Waals surface area contributed by atoms with Crippen LogP contribution in [0.1, 0.15) is 30.9 Å². The molecule has 0 saturated heterocycles. The number of halogens is 4. The Morgan fingerprint density at radius 3 is 2.63 bits per heavy atom. The first-order valence-corrected chi connectivity index (χ1v) is 9.82. The third-order valence-electron chi connectivity index (χ3n) is 5.21. The number of fused-ring (bicyclic) bond motifs is 2. The van der Waals surface area contributed by atoms with Gasteiger partial charge in [-0.3, -0.25) is 4.90 Å². The van der Waals surface area contributed by atoms with Gasteiger partial charge in [-0.05, 0) is 49.2 Å². The summed E-state index contributed by atoms with van der Waals surface area (Å²) in [6, 6.07) is 9.45. The lowest BCUT2D eigenvalue weighted by molar-refractivity contribution is -0.0500. The maximum Gasteiger partial charge on any atom is 0.411 e. The third kappa shape index (κ3) is 3.46. The molecule has 2 heterocycles. The van der Waals surface area contributed by atoms with Gasteiger partial charge < -0.3 is 14.6 Å². The quantitative estimate of drug-likeness (QED) is 0.593. The summed E-state index contributed by atoms with van der Waals surface area (Å²) < 4.78 is 35.8. The van der Waals surface area contributed by atoms with Crippen molar-refractivity contribution in [3.63, 3.8) is 0 Å². The zero-order valence-corrected chi connectivity index (χ0v) is 17.5. The summed E-state index contributed by atoms with van der Waals surface area (Å²) in [5, 5.41) is 10.7. The van der Waals surface area contributed by atoms with Gasteiger partial charge in [-0.25, -0.2) is 4.79 Å². The van der Waals surface area contributed by atoms with Gasteiger partial charge in [0, 0.05) is 34.1 Å². The van der Waals surface area contributed by atoms with Gasteiger partial charge in [-0.1, -0.05) is 29.3 Å². The molecule has 1 N–H and O–H groups in total. The summed E-state index contributed by atoms with van der Waals surface area (Å²) in [6.45, 7) is 0.633. The molecular formula is C21H17Cl2F2NO4. The standard InChI is InChI=1S/C21H17Cl2F2NO4/c1-21(2)18-17(13-6-4-11(29-19(24)25)8-16(13)30-21)14(9-26(18)20(27)28)12-5-3-10(22)7-15(12)23/h3-8,14,19H,9H2,1-2H3,(H,27,28). The van der Waals surface area contributed by atoms with Crippen molar-refractivity contribution in [3.05, 3.63) is 63.3 Å². The molecule has 158 valence electrons. The van der Waals surface area contributed by atoms with E-state index < -0.39 is 18.3 Å². The van der Waals surface area contributed by atoms with Gasteiger partial charge >= 0.3 is 12.7 Å². The van der Waals surface area contributed by atoms with Crippen LogP contribution in [0.25, 0.3) is 5.57 Å². The van der Waals surface area contributed by atoms with Crippen LogP contribution in [0.5, 0.6) is 11.5 Å². The second kappa shape index (κ2) is 7.32. The third-order valence-corrected chi connectivity index (χ3v) is 5.77. The molecule has 9 heteroatoms. The highest BCUT2D eigenvalue weighted by Gasteiger charge is 2.48. The van der Waals surface area contributed by atoms with Crippen molar-refractivity contribution in [3.8, 4) is 11.5 Å². The zero-order chi connectivity index (χ0) is 21.8. The first-order valence-electron chi connectivity index (χ1n) is 9.07. The Bertz CT molecular complexity index is 1070. The minimum Gasteiger partial charge on any atom is -0.481 e. The van der Waals surface area contributed by atoms with Crippen LogP contribution in [-0.4, -0.2) is 34.9 Å². The van der Waals surface area contributed by atoms with Gasteiger partial charge in [-0.2, -0.15) is 8.78 Å². The lowest BCUT2D eigenvalue weighted by atomic mass is 9.83. The van der Waals surface area contributed by atoms with Crippen LogP contribution in [0.3, 0.4) is 0 Å². The van der Waals surface area contributed by atoms with E-state index in [1.54, 1.807) is 38.1 Å². The fourth-order valence-corrected chi connectivity index (χ4v) is 4.70. The Hall–Kier alpha value is -2.51. The lowest BCUT2D eigenvalue weighted by Crippen LogP contribution is -2.42. The second-order valence-electron chi connectivity index (χ2n) is 7.52. The van der Waals surface area contributed by atoms with E-state index in [0.717, 1.165) is 5.57 Å². The Morgan fingerprint density at radius 2 is 2.00 bits per heavy atom. The minimum atomic E-state index is -2.97. The molecule has 0 fully saturated rings. The molecular weight excluding hydrogens is 439 g/mol. The van der Waals surface area contributed by atoms with E-state index in [4.69, 9.17) is 27.9 Å². The van der Waals surface area contributed by atoms with E-state index in [9.17, 15) is 18.7 Å². The van der Waals surface area contributed by atoms with Crippen LogP contribution >= 0.6 is 23.2 Å². The maximum atomic E-state index is 12.7. The lowest BCUT2D eigenvalue weighted by Gasteiger charge is -2.37. The number of hydrogen-bond acceptors (Lipinski definition) is 3. The number of benzene rings is 2. The van der Waals surface area contributed by atoms with Gasteiger partial charge in [0.05, 0.1) is 5.70 Å². The first-order chi connectivity index (χ1) is 14.1. The zero-order valence-electron chi connectivity index (χ0n) is 16.0. The smallest absolute Gasteiger partial charge is 0.411 e. The molecule has 0 saturated carbocycles. The molecule has 0 aromatic heterocycles. The molecule has 0 radical (unpaired) electrons. The number of hydrogen-bond donors (Lipinski definition) is 1. The van der Waals surface area contributed by atoms with Gasteiger partial charge in [0.15, 0.2) is 0 Å². The highest BCUT2D eigenvalue weighted by molar-refractivity contribution is 6.35. The SMILES string of the molecule is CC1(C)Oc2cc(OC(F)F)ccc2C2=C1N(C(=O)O)CC2c1ccc(Cl)cc1Cl. The van der Waals surface area contributed by atoms with E-state index in [2.05, 4.69) is 4.74 Å². The largest absolute Gasteiger partial charge is 0.481 e. The number of alkyl halides is 2. The van der Waals surface area contributed by atoms with Crippen molar-refractivity contribution in [2.45, 2.75) is 32.0 Å². The Labute approximate surface area is 181 Å². The highest BCUT2D eigenvalue weighted by Crippen LogP contribution is 2.54. The van der Waals surface area contributed by atoms with Crippen LogP contribution < -0.4 is 9.47 Å². The molecule has 4 rings (SSSR count). The van der Waals surface area contributed by atoms with Crippen molar-refractivity contribution in [1.82, 2.24) is 4.90 Å². The van der Waals surface area contributed by atoms with Crippen molar-refractivity contribution in [1.29, 1.82) is 0 Å². The average molecular weight is 456 g/mol. The number of amides is 1. The van der Waals surface area contributed by atoms with Crippen LogP contribution in [0.2, 0.25) is 10.0 Å². The Balaban J connectivity index is 1.92. The minimum absolute atomic E-state index is 0.0437. The molecule has 0 aliphatic carbocycles. The predicted molar refractivity (Wildman–Crippen MR) is 109 cm³/mol. The molecule has 0 spiro atoms. The monoisotopic (exact) mass is 455 g/mol. The van der Waals surface area contributed by atoms with Crippen LogP contribution in [0, 0.1) is 0 Å². The van der Waals surface area contributed by atoms with Crippen LogP contribution in [-0.2, 0) is 0 Å². The Kier molecular flexibility index (Phi) is 5.06. The number of ether oxygens (including phenoxy) is 2. The molecule has 1 atom stereocenters. The van der Waals surface area contributed by atoms with Crippen molar-refractivity contribution in [2.75, 3.05) is 6.54 Å². The van der Waals surface area contributed by atoms with Gasteiger partial charge in [-0.15, -0.1) is 0 Å². The molecule has 2 aliphatic heterocycles. The van der Waals surface area contributed by atoms with Crippen LogP contribution in [0.15, 0.2) is 42.1 Å². The molecule has 5 nitrogen and oxygen atoms in total. The number of carbonyl (C=O) groups is 1. The summed E-state index contributed by atoms with van der Waals surface area (Å²) in [6.07, 6.45) is -1.12. The van der Waals surface area contributed by atoms with E-state index in [-0.39, 0.29) is 18.2 Å². The van der Waals surface area contributed by atoms with Gasteiger partial charge in [0.1, 0.15) is 17.1 Å². The predicted octanol–water partition coefficient (Wildman–Crippen LogP) is 6.25. The maximum absolute atomic E-state index is 12.7. The fraction of sp³-hybridized carbons (Fsp3) is 0.286. The molecule has 1 amide bonds. The highest BCUT2D eigenvalue weighted by atomic mass is 35.5. The van der Waals surface area contributed by atoms with Gasteiger partial charge in [0.25, 0.3) is 0 Å². The van der Waals surface area contributed by atoms with Crippen molar-refractivity contribution in [2.24, 2.45) is 0 Å². The topological polar surface area (TPSA) is 59.0 Å². The second-order valence-corrected chi connectivity index (χ2v) is 8.37. The number of carboxylic acid groups (broad SMARTS) is 1. The normalized spacial score (nSPS) is 19.4. The first kappa shape index (κ1) is 20.8. The van der Waals surface area contributed by atoms with Crippen molar-refractivity contribution >= 4 is 34.9 Å². The van der Waals surface area contributed by atoms with E-state index in [1.807, 2.05) is 0 Å². The van der Waals surface area contributed by atoms with Crippen molar-refractivity contribution < 1.29 is 28.2 Å². The number of rotatable bonds is 3. The summed E-state index contributed by atoms with van der Waals surface area (Å²) in [5.74, 6) is -0.0957. The molecule has 2 aliphatic rings. The van der Waals surface area contributed by atoms with Gasteiger partial charge in [0.2, 0.25) is 0 Å². The summed E-state index contributed by atoms with van der Waals surface area (Å²) in [5.41, 5.74) is 1.50. The molecule has 30 heavy (non-hydrogen) atoms. The molecule has 0 bridgehead atoms. The van der Waals surface area contributed by atoms with E-state index >= 15 is 0 Å².